The van der Waals surface area contributed by atoms with Gasteiger partial charge in [0, 0.05) is 7.11 Å². The number of hydrogen-bond donors (Lipinski definition) is 1. The van der Waals surface area contributed by atoms with Gasteiger partial charge in [0.1, 0.15) is 11.9 Å². The quantitative estimate of drug-likeness (QED) is 0.570. The third kappa shape index (κ3) is 2.94. The molecule has 0 aromatic heterocycles. The minimum atomic E-state index is 0.0749. The number of ether oxygens (including phenoxy) is 1. The first-order valence-electron chi connectivity index (χ1n) is 6.17. The van der Waals surface area contributed by atoms with Crippen molar-refractivity contribution in [2.24, 2.45) is 16.6 Å². The zero-order valence-corrected chi connectivity index (χ0v) is 9.61. The Morgan fingerprint density at radius 2 is 1.87 bits per heavy atom. The minimum absolute atomic E-state index is 0.0749. The summed E-state index contributed by atoms with van der Waals surface area (Å²) in [6.07, 6.45) is 9.00. The molecular weight excluding hydrogens is 188 g/mol. The Balaban J connectivity index is 1.94. The molecule has 3 nitrogen and oxygen atoms in total. The normalized spacial score (nSPS) is 26.6. The van der Waals surface area contributed by atoms with E-state index in [0.717, 1.165) is 5.84 Å². The van der Waals surface area contributed by atoms with Gasteiger partial charge < -0.3 is 10.5 Å². The van der Waals surface area contributed by atoms with Gasteiger partial charge in [-0.25, -0.2) is 0 Å². The van der Waals surface area contributed by atoms with E-state index in [2.05, 4.69) is 4.99 Å². The van der Waals surface area contributed by atoms with Crippen molar-refractivity contribution in [2.75, 3.05) is 7.11 Å². The molecule has 86 valence electrons. The smallest absolute Gasteiger partial charge is 0.124 e. The molecule has 2 aliphatic rings. The van der Waals surface area contributed by atoms with Crippen LogP contribution in [-0.2, 0) is 4.74 Å². The molecule has 1 atom stereocenters. The van der Waals surface area contributed by atoms with E-state index in [0.29, 0.717) is 12.0 Å². The maximum Gasteiger partial charge on any atom is 0.124 e. The number of rotatable bonds is 4. The van der Waals surface area contributed by atoms with Crippen molar-refractivity contribution in [3.05, 3.63) is 0 Å². The van der Waals surface area contributed by atoms with E-state index >= 15 is 0 Å². The van der Waals surface area contributed by atoms with Crippen molar-refractivity contribution >= 4 is 5.84 Å². The predicted molar refractivity (Wildman–Crippen MR) is 62.0 cm³/mol. The number of nitrogens with two attached hydrogens (primary N) is 1. The van der Waals surface area contributed by atoms with Crippen LogP contribution in [0.25, 0.3) is 0 Å². The van der Waals surface area contributed by atoms with Crippen LogP contribution < -0.4 is 5.73 Å². The van der Waals surface area contributed by atoms with Crippen molar-refractivity contribution in [1.29, 1.82) is 0 Å². The molecule has 0 aromatic carbocycles. The van der Waals surface area contributed by atoms with Crippen LogP contribution in [0.3, 0.4) is 0 Å². The Hall–Kier alpha value is -0.570. The molecule has 0 radical (unpaired) electrons. The maximum atomic E-state index is 6.03. The molecule has 2 rings (SSSR count). The molecule has 1 unspecified atom stereocenters. The lowest BCUT2D eigenvalue weighted by Gasteiger charge is -2.28. The van der Waals surface area contributed by atoms with E-state index in [1.165, 1.54) is 44.9 Å². The van der Waals surface area contributed by atoms with E-state index < -0.39 is 0 Å². The topological polar surface area (TPSA) is 47.6 Å². The Bertz CT molecular complexity index is 230. The average Bonchev–Trinajstić information content (AvgIpc) is 3.04. The van der Waals surface area contributed by atoms with Crippen molar-refractivity contribution in [1.82, 2.24) is 0 Å². The molecular formula is C12H22N2O. The first-order valence-corrected chi connectivity index (χ1v) is 6.17. The minimum Gasteiger partial charge on any atom is -0.385 e. The predicted octanol–water partition coefficient (Wildman–Crippen LogP) is 2.10. The van der Waals surface area contributed by atoms with Gasteiger partial charge in [-0.05, 0) is 31.6 Å². The summed E-state index contributed by atoms with van der Waals surface area (Å²) < 4.78 is 5.52. The zero-order valence-electron chi connectivity index (χ0n) is 9.61. The second-order valence-electron chi connectivity index (χ2n) is 4.84. The van der Waals surface area contributed by atoms with Crippen LogP contribution in [0, 0.1) is 5.92 Å². The fraction of sp³-hybridized carbons (Fsp3) is 0.917. The van der Waals surface area contributed by atoms with E-state index in [9.17, 15) is 0 Å². The number of hydrogen-bond acceptors (Lipinski definition) is 2. The molecule has 0 amide bonds. The lowest BCUT2D eigenvalue weighted by molar-refractivity contribution is 0.0849. The van der Waals surface area contributed by atoms with Crippen LogP contribution in [0.2, 0.25) is 0 Å². The van der Waals surface area contributed by atoms with E-state index in [1.54, 1.807) is 7.11 Å². The van der Waals surface area contributed by atoms with Crippen LogP contribution in [0.1, 0.15) is 44.9 Å². The molecule has 3 heteroatoms. The fourth-order valence-corrected chi connectivity index (χ4v) is 2.48. The lowest BCUT2D eigenvalue weighted by Crippen LogP contribution is -2.38. The Morgan fingerprint density at radius 1 is 1.20 bits per heavy atom. The molecule has 0 saturated heterocycles. The van der Waals surface area contributed by atoms with Crippen molar-refractivity contribution in [3.63, 3.8) is 0 Å². The van der Waals surface area contributed by atoms with Gasteiger partial charge >= 0.3 is 0 Å². The lowest BCUT2D eigenvalue weighted by atomic mass is 9.85. The maximum absolute atomic E-state index is 6.03. The molecule has 2 fully saturated rings. The molecule has 0 aromatic rings. The first kappa shape index (κ1) is 10.9. The summed E-state index contributed by atoms with van der Waals surface area (Å²) in [5, 5.41) is 0. The summed E-state index contributed by atoms with van der Waals surface area (Å²) >= 11 is 0. The second-order valence-corrected chi connectivity index (χ2v) is 4.84. The number of aliphatic imine (C=N–C) groups is 1. The Morgan fingerprint density at radius 3 is 2.40 bits per heavy atom. The molecule has 0 aliphatic heterocycles. The van der Waals surface area contributed by atoms with Crippen LogP contribution in [0.15, 0.2) is 4.99 Å². The van der Waals surface area contributed by atoms with Gasteiger partial charge in [-0.2, -0.15) is 0 Å². The van der Waals surface area contributed by atoms with Gasteiger partial charge in [0.25, 0.3) is 0 Å². The third-order valence-corrected chi connectivity index (χ3v) is 3.50. The Labute approximate surface area is 92.1 Å². The highest BCUT2D eigenvalue weighted by Crippen LogP contribution is 2.29. The van der Waals surface area contributed by atoms with E-state index in [4.69, 9.17) is 10.5 Å². The van der Waals surface area contributed by atoms with Gasteiger partial charge in [0.15, 0.2) is 0 Å². The molecule has 2 saturated carbocycles. The highest BCUT2D eigenvalue weighted by molar-refractivity contribution is 5.85. The number of methoxy groups -OCH3 is 1. The summed E-state index contributed by atoms with van der Waals surface area (Å²) in [6, 6.07) is 0.506. The SMILES string of the molecule is COC(C(N)=NC1CC1)C1CCCCC1. The zero-order chi connectivity index (χ0) is 10.7. The van der Waals surface area contributed by atoms with Gasteiger partial charge in [-0.3, -0.25) is 4.99 Å². The van der Waals surface area contributed by atoms with Crippen LogP contribution >= 0.6 is 0 Å². The monoisotopic (exact) mass is 210 g/mol. The number of amidine groups is 1. The van der Waals surface area contributed by atoms with Gasteiger partial charge in [0.05, 0.1) is 6.04 Å². The molecule has 0 bridgehead atoms. The molecule has 0 heterocycles. The summed E-state index contributed by atoms with van der Waals surface area (Å²) in [5.74, 6) is 1.35. The van der Waals surface area contributed by atoms with Crippen LogP contribution in [-0.4, -0.2) is 25.1 Å². The van der Waals surface area contributed by atoms with Gasteiger partial charge in [0.2, 0.25) is 0 Å². The second kappa shape index (κ2) is 4.97. The summed E-state index contributed by atoms with van der Waals surface area (Å²) in [5.41, 5.74) is 6.03. The van der Waals surface area contributed by atoms with Crippen LogP contribution in [0.4, 0.5) is 0 Å². The molecule has 2 aliphatic carbocycles. The van der Waals surface area contributed by atoms with Crippen molar-refractivity contribution < 1.29 is 4.74 Å². The summed E-state index contributed by atoms with van der Waals surface area (Å²) in [4.78, 5) is 4.50. The largest absolute Gasteiger partial charge is 0.385 e. The van der Waals surface area contributed by atoms with E-state index in [1.807, 2.05) is 0 Å². The molecule has 0 spiro atoms. The van der Waals surface area contributed by atoms with Crippen molar-refractivity contribution in [2.45, 2.75) is 57.1 Å². The average molecular weight is 210 g/mol. The molecule has 15 heavy (non-hydrogen) atoms. The summed E-state index contributed by atoms with van der Waals surface area (Å²) in [7, 11) is 1.76. The van der Waals surface area contributed by atoms with E-state index in [-0.39, 0.29) is 6.10 Å². The number of nitrogens with zero attached hydrogens (tertiary/aromatic N) is 1. The third-order valence-electron chi connectivity index (χ3n) is 3.50. The highest BCUT2D eigenvalue weighted by Gasteiger charge is 2.28. The van der Waals surface area contributed by atoms with Crippen LogP contribution in [0.5, 0.6) is 0 Å². The van der Waals surface area contributed by atoms with Gasteiger partial charge in [-0.1, -0.05) is 19.3 Å². The van der Waals surface area contributed by atoms with Gasteiger partial charge in [-0.15, -0.1) is 0 Å². The Kier molecular flexibility index (Phi) is 3.62. The standard InChI is InChI=1S/C12H22N2O/c1-15-11(9-5-3-2-4-6-9)12(13)14-10-7-8-10/h9-11H,2-8H2,1H3,(H2,13,14). The fourth-order valence-electron chi connectivity index (χ4n) is 2.48. The molecule has 2 N–H and O–H groups in total. The first-order chi connectivity index (χ1) is 7.31. The summed E-state index contributed by atoms with van der Waals surface area (Å²) in [6.45, 7) is 0. The highest BCUT2D eigenvalue weighted by atomic mass is 16.5. The van der Waals surface area contributed by atoms with Crippen molar-refractivity contribution in [3.8, 4) is 0 Å².